The zero-order valence-corrected chi connectivity index (χ0v) is 12.5. The standard InChI is InChI=1S/C14H22N2O5/c1-14(2,3)21-11(17)7-10(13(19)20)16-12(18)8-4-5-9(15)6-8/h4-5,8-10H,6-7,15H2,1-3H3,(H,16,18)(H,19,20)/t8?,9?,10-/m0/s1. The molecule has 21 heavy (non-hydrogen) atoms. The highest BCUT2D eigenvalue weighted by molar-refractivity contribution is 5.89. The van der Waals surface area contributed by atoms with Gasteiger partial charge in [-0.2, -0.15) is 0 Å². The van der Waals surface area contributed by atoms with Crippen molar-refractivity contribution in [1.29, 1.82) is 0 Å². The third-order valence-corrected chi connectivity index (χ3v) is 2.86. The number of esters is 1. The van der Waals surface area contributed by atoms with E-state index >= 15 is 0 Å². The summed E-state index contributed by atoms with van der Waals surface area (Å²) in [4.78, 5) is 34.7. The summed E-state index contributed by atoms with van der Waals surface area (Å²) in [6.45, 7) is 5.05. The number of nitrogens with one attached hydrogen (secondary N) is 1. The van der Waals surface area contributed by atoms with Crippen LogP contribution in [-0.2, 0) is 19.1 Å². The predicted molar refractivity (Wildman–Crippen MR) is 75.3 cm³/mol. The number of carbonyl (C=O) groups excluding carboxylic acids is 2. The molecule has 0 aliphatic heterocycles. The first-order valence-electron chi connectivity index (χ1n) is 6.77. The van der Waals surface area contributed by atoms with Crippen LogP contribution >= 0.6 is 0 Å². The van der Waals surface area contributed by atoms with Gasteiger partial charge in [0.25, 0.3) is 0 Å². The van der Waals surface area contributed by atoms with Crippen molar-refractivity contribution in [3.05, 3.63) is 12.2 Å². The Bertz CT molecular complexity index is 453. The van der Waals surface area contributed by atoms with Crippen molar-refractivity contribution in [2.24, 2.45) is 11.7 Å². The molecule has 7 nitrogen and oxygen atoms in total. The molecule has 4 N–H and O–H groups in total. The number of aliphatic carboxylic acids is 1. The average molecular weight is 298 g/mol. The van der Waals surface area contributed by atoms with Crippen molar-refractivity contribution in [2.75, 3.05) is 0 Å². The fourth-order valence-electron chi connectivity index (χ4n) is 1.95. The normalized spacial score (nSPS) is 22.7. The van der Waals surface area contributed by atoms with Crippen LogP contribution in [0.15, 0.2) is 12.2 Å². The molecular weight excluding hydrogens is 276 g/mol. The Kier molecular flexibility index (Phi) is 5.48. The first kappa shape index (κ1) is 17.2. The molecule has 1 aliphatic carbocycles. The molecule has 0 fully saturated rings. The van der Waals surface area contributed by atoms with Crippen molar-refractivity contribution in [3.8, 4) is 0 Å². The number of carboxylic acid groups (broad SMARTS) is 1. The molecular formula is C14H22N2O5. The van der Waals surface area contributed by atoms with Crippen LogP contribution in [-0.4, -0.2) is 40.6 Å². The highest BCUT2D eigenvalue weighted by Gasteiger charge is 2.30. The van der Waals surface area contributed by atoms with E-state index in [0.717, 1.165) is 0 Å². The minimum atomic E-state index is -1.31. The van der Waals surface area contributed by atoms with Crippen molar-refractivity contribution < 1.29 is 24.2 Å². The third kappa shape index (κ3) is 5.95. The third-order valence-electron chi connectivity index (χ3n) is 2.86. The largest absolute Gasteiger partial charge is 0.480 e. The molecule has 0 aromatic rings. The lowest BCUT2D eigenvalue weighted by molar-refractivity contribution is -0.158. The van der Waals surface area contributed by atoms with Gasteiger partial charge in [-0.25, -0.2) is 4.79 Å². The lowest BCUT2D eigenvalue weighted by Crippen LogP contribution is -2.45. The Labute approximate surface area is 123 Å². The molecule has 1 amide bonds. The fraction of sp³-hybridized carbons (Fsp3) is 0.643. The monoisotopic (exact) mass is 298 g/mol. The quantitative estimate of drug-likeness (QED) is 0.492. The number of ether oxygens (including phenoxy) is 1. The van der Waals surface area contributed by atoms with Gasteiger partial charge in [-0.1, -0.05) is 12.2 Å². The van der Waals surface area contributed by atoms with Gasteiger partial charge in [0.1, 0.15) is 11.6 Å². The number of carbonyl (C=O) groups is 3. The van der Waals surface area contributed by atoms with Crippen molar-refractivity contribution in [3.63, 3.8) is 0 Å². The zero-order chi connectivity index (χ0) is 16.2. The van der Waals surface area contributed by atoms with E-state index in [4.69, 9.17) is 15.6 Å². The van der Waals surface area contributed by atoms with Crippen LogP contribution in [0, 0.1) is 5.92 Å². The first-order chi connectivity index (χ1) is 9.58. The summed E-state index contributed by atoms with van der Waals surface area (Å²) in [5, 5.41) is 11.4. The number of carboxylic acids is 1. The molecule has 0 bridgehead atoms. The Morgan fingerprint density at radius 3 is 2.43 bits per heavy atom. The van der Waals surface area contributed by atoms with E-state index < -0.39 is 41.8 Å². The number of nitrogens with two attached hydrogens (primary N) is 1. The number of rotatable bonds is 5. The second kappa shape index (κ2) is 6.71. The maximum absolute atomic E-state index is 11.9. The van der Waals surface area contributed by atoms with Crippen LogP contribution in [0.25, 0.3) is 0 Å². The van der Waals surface area contributed by atoms with Crippen LogP contribution in [0.4, 0.5) is 0 Å². The smallest absolute Gasteiger partial charge is 0.326 e. The molecule has 0 aromatic heterocycles. The maximum atomic E-state index is 11.9. The molecule has 118 valence electrons. The first-order valence-corrected chi connectivity index (χ1v) is 6.77. The molecule has 0 saturated heterocycles. The van der Waals surface area contributed by atoms with Gasteiger partial charge in [-0.15, -0.1) is 0 Å². The summed E-state index contributed by atoms with van der Waals surface area (Å²) >= 11 is 0. The summed E-state index contributed by atoms with van der Waals surface area (Å²) in [7, 11) is 0. The second-order valence-corrected chi connectivity index (χ2v) is 6.08. The summed E-state index contributed by atoms with van der Waals surface area (Å²) < 4.78 is 5.05. The van der Waals surface area contributed by atoms with Crippen LogP contribution in [0.1, 0.15) is 33.6 Å². The molecule has 7 heteroatoms. The summed E-state index contributed by atoms with van der Waals surface area (Å²) in [5.74, 6) is -2.86. The molecule has 0 aromatic carbocycles. The van der Waals surface area contributed by atoms with Gasteiger partial charge in [0.15, 0.2) is 0 Å². The number of amides is 1. The Balaban J connectivity index is 2.58. The van der Waals surface area contributed by atoms with E-state index in [2.05, 4.69) is 5.32 Å². The van der Waals surface area contributed by atoms with E-state index in [-0.39, 0.29) is 6.04 Å². The fourth-order valence-corrected chi connectivity index (χ4v) is 1.95. The molecule has 1 rings (SSSR count). The summed E-state index contributed by atoms with van der Waals surface area (Å²) in [6, 6.07) is -1.51. The Morgan fingerprint density at radius 2 is 2.00 bits per heavy atom. The van der Waals surface area contributed by atoms with E-state index in [9.17, 15) is 14.4 Å². The molecule has 0 heterocycles. The zero-order valence-electron chi connectivity index (χ0n) is 12.5. The predicted octanol–water partition coefficient (Wildman–Crippen LogP) is 0.191. The van der Waals surface area contributed by atoms with Crippen LogP contribution in [0.2, 0.25) is 0 Å². The molecule has 0 spiro atoms. The molecule has 0 radical (unpaired) electrons. The van der Waals surface area contributed by atoms with Gasteiger partial charge in [-0.3, -0.25) is 9.59 Å². The molecule has 0 saturated carbocycles. The van der Waals surface area contributed by atoms with Crippen LogP contribution in [0.5, 0.6) is 0 Å². The SMILES string of the molecule is CC(C)(C)OC(=O)C[C@H](NC(=O)C1C=CC(N)C1)C(=O)O. The van der Waals surface area contributed by atoms with Crippen LogP contribution in [0.3, 0.4) is 0 Å². The number of hydrogen-bond acceptors (Lipinski definition) is 5. The van der Waals surface area contributed by atoms with Gasteiger partial charge < -0.3 is 20.9 Å². The minimum Gasteiger partial charge on any atom is -0.480 e. The summed E-state index contributed by atoms with van der Waals surface area (Å²) in [5.41, 5.74) is 4.94. The molecule has 3 atom stereocenters. The lowest BCUT2D eigenvalue weighted by atomic mass is 10.1. The van der Waals surface area contributed by atoms with Crippen LogP contribution < -0.4 is 11.1 Å². The lowest BCUT2D eigenvalue weighted by Gasteiger charge is -2.22. The van der Waals surface area contributed by atoms with Gasteiger partial charge in [-0.05, 0) is 27.2 Å². The van der Waals surface area contributed by atoms with Gasteiger partial charge >= 0.3 is 11.9 Å². The minimum absolute atomic E-state index is 0.199. The maximum Gasteiger partial charge on any atom is 0.326 e. The van der Waals surface area contributed by atoms with Crippen molar-refractivity contribution >= 4 is 17.8 Å². The highest BCUT2D eigenvalue weighted by atomic mass is 16.6. The van der Waals surface area contributed by atoms with Gasteiger partial charge in [0, 0.05) is 6.04 Å². The van der Waals surface area contributed by atoms with Gasteiger partial charge in [0.2, 0.25) is 5.91 Å². The van der Waals surface area contributed by atoms with Crippen molar-refractivity contribution in [1.82, 2.24) is 5.32 Å². The average Bonchev–Trinajstić information content (AvgIpc) is 2.72. The second-order valence-electron chi connectivity index (χ2n) is 6.08. The van der Waals surface area contributed by atoms with Crippen molar-refractivity contribution in [2.45, 2.75) is 51.3 Å². The van der Waals surface area contributed by atoms with E-state index in [0.29, 0.717) is 6.42 Å². The topological polar surface area (TPSA) is 119 Å². The van der Waals surface area contributed by atoms with E-state index in [1.54, 1.807) is 32.9 Å². The summed E-state index contributed by atoms with van der Waals surface area (Å²) in [6.07, 6.45) is 3.37. The molecule has 1 aliphatic rings. The van der Waals surface area contributed by atoms with E-state index in [1.807, 2.05) is 0 Å². The Morgan fingerprint density at radius 1 is 1.38 bits per heavy atom. The van der Waals surface area contributed by atoms with Gasteiger partial charge in [0.05, 0.1) is 12.3 Å². The number of hydrogen-bond donors (Lipinski definition) is 3. The highest BCUT2D eigenvalue weighted by Crippen LogP contribution is 2.17. The molecule has 2 unspecified atom stereocenters. The Hall–Kier alpha value is -1.89. The van der Waals surface area contributed by atoms with E-state index in [1.165, 1.54) is 0 Å².